The van der Waals surface area contributed by atoms with Gasteiger partial charge in [0.05, 0.1) is 13.3 Å². The molecule has 0 saturated carbocycles. The van der Waals surface area contributed by atoms with E-state index in [9.17, 15) is 0 Å². The Bertz CT molecular complexity index is 562. The van der Waals surface area contributed by atoms with Crippen LogP contribution in [0.25, 0.3) is 0 Å². The first kappa shape index (κ1) is 13.6. The molecule has 0 aliphatic heterocycles. The first-order chi connectivity index (χ1) is 9.24. The summed E-state index contributed by atoms with van der Waals surface area (Å²) in [7, 11) is 1.51. The van der Waals surface area contributed by atoms with E-state index in [0.717, 1.165) is 11.1 Å². The molecule has 0 spiro atoms. The molecule has 0 aliphatic rings. The zero-order valence-corrected chi connectivity index (χ0v) is 11.3. The van der Waals surface area contributed by atoms with Crippen LogP contribution in [0.5, 0.6) is 6.01 Å². The van der Waals surface area contributed by atoms with E-state index in [1.54, 1.807) is 0 Å². The Balaban J connectivity index is 2.14. The summed E-state index contributed by atoms with van der Waals surface area (Å²) >= 11 is 6.03. The highest BCUT2D eigenvalue weighted by Gasteiger charge is 2.06. The van der Waals surface area contributed by atoms with E-state index in [0.29, 0.717) is 23.9 Å². The van der Waals surface area contributed by atoms with Gasteiger partial charge in [-0.15, -0.1) is 0 Å². The molecule has 1 aromatic carbocycles. The van der Waals surface area contributed by atoms with Crippen molar-refractivity contribution in [1.29, 1.82) is 0 Å². The number of nitrogens with zero attached hydrogens (tertiary/aromatic N) is 2. The van der Waals surface area contributed by atoms with Gasteiger partial charge >= 0.3 is 6.01 Å². The lowest BCUT2D eigenvalue weighted by Gasteiger charge is -2.11. The van der Waals surface area contributed by atoms with Gasteiger partial charge in [-0.3, -0.25) is 0 Å². The maximum Gasteiger partial charge on any atom is 0.318 e. The van der Waals surface area contributed by atoms with Crippen LogP contribution in [-0.4, -0.2) is 17.1 Å². The molecule has 0 radical (unpaired) electrons. The minimum atomic E-state index is 0.277. The fourth-order valence-electron chi connectivity index (χ4n) is 1.68. The average Bonchev–Trinajstić information content (AvgIpc) is 2.46. The second-order valence-corrected chi connectivity index (χ2v) is 4.29. The van der Waals surface area contributed by atoms with Crippen LogP contribution in [0, 0.1) is 0 Å². The van der Waals surface area contributed by atoms with Crippen molar-refractivity contribution in [3.8, 4) is 6.01 Å². The van der Waals surface area contributed by atoms with Crippen molar-refractivity contribution in [2.75, 3.05) is 12.4 Å². The van der Waals surface area contributed by atoms with E-state index in [2.05, 4.69) is 15.3 Å². The van der Waals surface area contributed by atoms with Crippen LogP contribution in [0.15, 0.2) is 30.5 Å². The molecule has 19 heavy (non-hydrogen) atoms. The molecule has 0 fully saturated rings. The molecule has 5 nitrogen and oxygen atoms in total. The number of benzene rings is 1. The zero-order chi connectivity index (χ0) is 13.7. The van der Waals surface area contributed by atoms with Crippen molar-refractivity contribution in [3.05, 3.63) is 46.6 Å². The lowest BCUT2D eigenvalue weighted by Crippen LogP contribution is -2.08. The lowest BCUT2D eigenvalue weighted by atomic mass is 10.1. The summed E-state index contributed by atoms with van der Waals surface area (Å²) in [6.07, 6.45) is 1.50. The number of hydrogen-bond donors (Lipinski definition) is 2. The van der Waals surface area contributed by atoms with E-state index < -0.39 is 0 Å². The molecule has 100 valence electrons. The summed E-state index contributed by atoms with van der Waals surface area (Å²) in [5, 5.41) is 3.61. The van der Waals surface area contributed by atoms with Crippen LogP contribution in [0.2, 0.25) is 5.02 Å². The number of nitrogens with two attached hydrogens (primary N) is 1. The van der Waals surface area contributed by atoms with Crippen LogP contribution >= 0.6 is 11.6 Å². The third-order valence-electron chi connectivity index (χ3n) is 2.69. The van der Waals surface area contributed by atoms with Crippen LogP contribution in [-0.2, 0) is 13.1 Å². The molecule has 0 unspecified atom stereocenters. The maximum absolute atomic E-state index is 6.03. The van der Waals surface area contributed by atoms with Crippen molar-refractivity contribution >= 4 is 17.4 Å². The molecule has 0 saturated heterocycles. The molecule has 0 bridgehead atoms. The Morgan fingerprint density at radius 2 is 2.05 bits per heavy atom. The Kier molecular flexibility index (Phi) is 4.54. The van der Waals surface area contributed by atoms with Gasteiger partial charge in [0.15, 0.2) is 5.82 Å². The second-order valence-electron chi connectivity index (χ2n) is 3.88. The Hall–Kier alpha value is -1.85. The predicted molar refractivity (Wildman–Crippen MR) is 75.3 cm³/mol. The highest BCUT2D eigenvalue weighted by molar-refractivity contribution is 6.32. The van der Waals surface area contributed by atoms with Gasteiger partial charge in [0.2, 0.25) is 0 Å². The average molecular weight is 279 g/mol. The molecular weight excluding hydrogens is 264 g/mol. The summed E-state index contributed by atoms with van der Waals surface area (Å²) in [4.78, 5) is 8.07. The monoisotopic (exact) mass is 278 g/mol. The van der Waals surface area contributed by atoms with Crippen molar-refractivity contribution in [1.82, 2.24) is 9.97 Å². The van der Waals surface area contributed by atoms with Gasteiger partial charge in [0.1, 0.15) is 5.02 Å². The van der Waals surface area contributed by atoms with Crippen LogP contribution < -0.4 is 15.8 Å². The van der Waals surface area contributed by atoms with E-state index in [4.69, 9.17) is 22.1 Å². The number of ether oxygens (including phenoxy) is 1. The molecule has 1 heterocycles. The number of aromatic nitrogens is 2. The van der Waals surface area contributed by atoms with E-state index in [-0.39, 0.29) is 6.01 Å². The van der Waals surface area contributed by atoms with E-state index in [1.165, 1.54) is 13.3 Å². The highest BCUT2D eigenvalue weighted by atomic mass is 35.5. The maximum atomic E-state index is 6.03. The molecular formula is C13H15ClN4O. The topological polar surface area (TPSA) is 73.1 Å². The molecule has 3 N–H and O–H groups in total. The standard InChI is InChI=1S/C13H15ClN4O/c1-19-13-17-8-11(14)12(18-13)16-7-10-5-3-2-4-9(10)6-15/h2-5,8H,6-7,15H2,1H3,(H,16,17,18). The molecule has 0 aliphatic carbocycles. The van der Waals surface area contributed by atoms with Gasteiger partial charge in [-0.2, -0.15) is 4.98 Å². The number of nitrogens with one attached hydrogen (secondary N) is 1. The van der Waals surface area contributed by atoms with Gasteiger partial charge in [-0.1, -0.05) is 35.9 Å². The predicted octanol–water partition coefficient (Wildman–Crippen LogP) is 2.21. The van der Waals surface area contributed by atoms with Gasteiger partial charge in [0.25, 0.3) is 0 Å². The molecule has 6 heteroatoms. The number of rotatable bonds is 5. The Morgan fingerprint density at radius 1 is 1.32 bits per heavy atom. The van der Waals surface area contributed by atoms with Gasteiger partial charge in [-0.25, -0.2) is 4.98 Å². The first-order valence-corrected chi connectivity index (χ1v) is 6.19. The van der Waals surface area contributed by atoms with Crippen LogP contribution in [0.4, 0.5) is 5.82 Å². The normalized spacial score (nSPS) is 10.3. The van der Waals surface area contributed by atoms with Crippen LogP contribution in [0.3, 0.4) is 0 Å². The lowest BCUT2D eigenvalue weighted by molar-refractivity contribution is 0.380. The zero-order valence-electron chi connectivity index (χ0n) is 10.6. The summed E-state index contributed by atoms with van der Waals surface area (Å²) in [6, 6.07) is 8.23. The number of halogens is 1. The summed E-state index contributed by atoms with van der Waals surface area (Å²) in [6.45, 7) is 1.09. The van der Waals surface area contributed by atoms with Crippen molar-refractivity contribution < 1.29 is 4.74 Å². The van der Waals surface area contributed by atoms with Crippen LogP contribution in [0.1, 0.15) is 11.1 Å². The third kappa shape index (κ3) is 3.33. The minimum absolute atomic E-state index is 0.277. The number of anilines is 1. The van der Waals surface area contributed by atoms with Gasteiger partial charge in [0, 0.05) is 13.1 Å². The molecule has 2 rings (SSSR count). The molecule has 1 aromatic heterocycles. The first-order valence-electron chi connectivity index (χ1n) is 5.82. The summed E-state index contributed by atoms with van der Waals surface area (Å²) < 4.78 is 4.97. The second kappa shape index (κ2) is 6.36. The fraction of sp³-hybridized carbons (Fsp3) is 0.231. The van der Waals surface area contributed by atoms with Gasteiger partial charge in [-0.05, 0) is 11.1 Å². The Labute approximate surface area is 116 Å². The number of methoxy groups -OCH3 is 1. The van der Waals surface area contributed by atoms with Gasteiger partial charge < -0.3 is 15.8 Å². The number of hydrogen-bond acceptors (Lipinski definition) is 5. The highest BCUT2D eigenvalue weighted by Crippen LogP contribution is 2.21. The quantitative estimate of drug-likeness (QED) is 0.877. The minimum Gasteiger partial charge on any atom is -0.467 e. The van der Waals surface area contributed by atoms with E-state index >= 15 is 0 Å². The largest absolute Gasteiger partial charge is 0.467 e. The van der Waals surface area contributed by atoms with Crippen molar-refractivity contribution in [2.24, 2.45) is 5.73 Å². The Morgan fingerprint density at radius 3 is 2.74 bits per heavy atom. The van der Waals surface area contributed by atoms with E-state index in [1.807, 2.05) is 24.3 Å². The van der Waals surface area contributed by atoms with Crippen molar-refractivity contribution in [3.63, 3.8) is 0 Å². The smallest absolute Gasteiger partial charge is 0.318 e. The fourth-order valence-corrected chi connectivity index (χ4v) is 1.84. The van der Waals surface area contributed by atoms with Crippen molar-refractivity contribution in [2.45, 2.75) is 13.1 Å². The summed E-state index contributed by atoms with van der Waals surface area (Å²) in [5.41, 5.74) is 7.90. The molecule has 0 atom stereocenters. The summed E-state index contributed by atoms with van der Waals surface area (Å²) in [5.74, 6) is 0.542. The SMILES string of the molecule is COc1ncc(Cl)c(NCc2ccccc2CN)n1. The third-order valence-corrected chi connectivity index (χ3v) is 2.97. The molecule has 2 aromatic rings. The molecule has 0 amide bonds.